The van der Waals surface area contributed by atoms with Gasteiger partial charge in [0.2, 0.25) is 0 Å². The molecule has 1 heterocycles. The number of likely N-dealkylation sites (N-methyl/N-ethyl adjacent to an activating group) is 1. The van der Waals surface area contributed by atoms with Crippen LogP contribution in [0.25, 0.3) is 0 Å². The van der Waals surface area contributed by atoms with Crippen LogP contribution in [-0.2, 0) is 4.74 Å². The fourth-order valence-electron chi connectivity index (χ4n) is 2.66. The Morgan fingerprint density at radius 1 is 1.47 bits per heavy atom. The number of hydrogen-bond donors (Lipinski definition) is 1. The number of ether oxygens (including phenoxy) is 1. The van der Waals surface area contributed by atoms with Crippen LogP contribution in [0.2, 0.25) is 5.02 Å². The highest BCUT2D eigenvalue weighted by Crippen LogP contribution is 2.30. The first-order valence-corrected chi connectivity index (χ1v) is 7.23. The lowest BCUT2D eigenvalue weighted by molar-refractivity contribution is 0.118. The van der Waals surface area contributed by atoms with Crippen LogP contribution in [-0.4, -0.2) is 32.8 Å². The molecule has 1 fully saturated rings. The maximum Gasteiger partial charge on any atom is 0.0750 e. The van der Waals surface area contributed by atoms with E-state index in [1.807, 2.05) is 7.05 Å². The Kier molecular flexibility index (Phi) is 4.71. The third-order valence-corrected chi connectivity index (χ3v) is 4.45. The van der Waals surface area contributed by atoms with Crippen LogP contribution in [0.5, 0.6) is 0 Å². The molecular weight excluding hydrogens is 260 g/mol. The maximum atomic E-state index is 6.39. The normalized spacial score (nSPS) is 24.5. The van der Waals surface area contributed by atoms with Crippen molar-refractivity contribution in [1.82, 2.24) is 5.32 Å². The quantitative estimate of drug-likeness (QED) is 0.918. The average Bonchev–Trinajstić information content (AvgIpc) is 2.83. The summed E-state index contributed by atoms with van der Waals surface area (Å²) in [7, 11) is 4.06. The Bertz CT molecular complexity index is 438. The number of hydrogen-bond acceptors (Lipinski definition) is 3. The van der Waals surface area contributed by atoms with E-state index in [2.05, 4.69) is 49.3 Å². The van der Waals surface area contributed by atoms with Gasteiger partial charge in [-0.3, -0.25) is 0 Å². The Hall–Kier alpha value is -0.770. The summed E-state index contributed by atoms with van der Waals surface area (Å²) in [6.07, 6.45) is 1.35. The first-order chi connectivity index (χ1) is 9.04. The summed E-state index contributed by atoms with van der Waals surface area (Å²) >= 11 is 6.39. The van der Waals surface area contributed by atoms with Crippen molar-refractivity contribution in [3.63, 3.8) is 0 Å². The molecule has 3 nitrogen and oxygen atoms in total. The second-order valence-electron chi connectivity index (χ2n) is 5.26. The van der Waals surface area contributed by atoms with Crippen molar-refractivity contribution in [3.8, 4) is 0 Å². The minimum atomic E-state index is 0.264. The fourth-order valence-corrected chi connectivity index (χ4v) is 3.00. The zero-order valence-corrected chi connectivity index (χ0v) is 12.9. The van der Waals surface area contributed by atoms with E-state index in [0.717, 1.165) is 29.3 Å². The first-order valence-electron chi connectivity index (χ1n) is 6.85. The van der Waals surface area contributed by atoms with Crippen molar-refractivity contribution in [2.75, 3.05) is 25.6 Å². The summed E-state index contributed by atoms with van der Waals surface area (Å²) in [5.41, 5.74) is 2.29. The zero-order chi connectivity index (χ0) is 14.0. The molecular formula is C15H23ClN2O. The topological polar surface area (TPSA) is 24.5 Å². The van der Waals surface area contributed by atoms with Gasteiger partial charge >= 0.3 is 0 Å². The van der Waals surface area contributed by atoms with Crippen LogP contribution in [0.15, 0.2) is 18.2 Å². The van der Waals surface area contributed by atoms with Crippen molar-refractivity contribution in [3.05, 3.63) is 28.8 Å². The number of anilines is 1. The van der Waals surface area contributed by atoms with E-state index in [0.29, 0.717) is 6.04 Å². The molecule has 106 valence electrons. The number of benzene rings is 1. The van der Waals surface area contributed by atoms with Gasteiger partial charge in [-0.25, -0.2) is 0 Å². The van der Waals surface area contributed by atoms with Gasteiger partial charge in [0.1, 0.15) is 0 Å². The second kappa shape index (κ2) is 6.12. The van der Waals surface area contributed by atoms with Gasteiger partial charge in [0.15, 0.2) is 0 Å². The van der Waals surface area contributed by atoms with E-state index in [1.54, 1.807) is 0 Å². The number of nitrogens with one attached hydrogen (secondary N) is 1. The lowest BCUT2D eigenvalue weighted by Gasteiger charge is -2.29. The van der Waals surface area contributed by atoms with Gasteiger partial charge < -0.3 is 15.0 Å². The number of rotatable bonds is 4. The Labute approximate surface area is 120 Å². The van der Waals surface area contributed by atoms with E-state index in [1.165, 1.54) is 0 Å². The highest BCUT2D eigenvalue weighted by Gasteiger charge is 2.28. The molecule has 0 radical (unpaired) electrons. The van der Waals surface area contributed by atoms with Crippen LogP contribution >= 0.6 is 11.6 Å². The summed E-state index contributed by atoms with van der Waals surface area (Å²) in [6, 6.07) is 7.00. The summed E-state index contributed by atoms with van der Waals surface area (Å²) in [6.45, 7) is 5.09. The fraction of sp³-hybridized carbons (Fsp3) is 0.600. The van der Waals surface area contributed by atoms with Crippen LogP contribution in [0.4, 0.5) is 5.69 Å². The van der Waals surface area contributed by atoms with Crippen molar-refractivity contribution < 1.29 is 4.74 Å². The van der Waals surface area contributed by atoms with E-state index >= 15 is 0 Å². The molecule has 0 amide bonds. The lowest BCUT2D eigenvalue weighted by atomic mass is 10.1. The third kappa shape index (κ3) is 3.04. The van der Waals surface area contributed by atoms with Gasteiger partial charge in [-0.1, -0.05) is 17.7 Å². The molecule has 0 spiro atoms. The SMILES string of the molecule is CNC(C)c1ccc(N(C)C2CCOC2C)cc1Cl. The molecule has 3 atom stereocenters. The summed E-state index contributed by atoms with van der Waals surface area (Å²) in [5, 5.41) is 4.03. The Morgan fingerprint density at radius 3 is 2.74 bits per heavy atom. The molecule has 1 aliphatic heterocycles. The van der Waals surface area contributed by atoms with Gasteiger partial charge in [-0.05, 0) is 45.0 Å². The molecule has 3 unspecified atom stereocenters. The molecule has 0 saturated carbocycles. The van der Waals surface area contributed by atoms with Gasteiger partial charge in [-0.15, -0.1) is 0 Å². The second-order valence-corrected chi connectivity index (χ2v) is 5.67. The van der Waals surface area contributed by atoms with Crippen molar-refractivity contribution >= 4 is 17.3 Å². The average molecular weight is 283 g/mol. The molecule has 1 N–H and O–H groups in total. The van der Waals surface area contributed by atoms with E-state index in [-0.39, 0.29) is 12.1 Å². The highest BCUT2D eigenvalue weighted by atomic mass is 35.5. The molecule has 2 rings (SSSR count). The summed E-state index contributed by atoms with van der Waals surface area (Å²) < 4.78 is 5.63. The van der Waals surface area contributed by atoms with Crippen molar-refractivity contribution in [2.45, 2.75) is 38.5 Å². The molecule has 4 heteroatoms. The number of halogens is 1. The third-order valence-electron chi connectivity index (χ3n) is 4.12. The molecule has 0 aliphatic carbocycles. The van der Waals surface area contributed by atoms with Gasteiger partial charge in [-0.2, -0.15) is 0 Å². The molecule has 1 saturated heterocycles. The maximum absolute atomic E-state index is 6.39. The first kappa shape index (κ1) is 14.6. The van der Waals surface area contributed by atoms with Gasteiger partial charge in [0.25, 0.3) is 0 Å². The highest BCUT2D eigenvalue weighted by molar-refractivity contribution is 6.31. The van der Waals surface area contributed by atoms with Gasteiger partial charge in [0.05, 0.1) is 12.1 Å². The van der Waals surface area contributed by atoms with Gasteiger partial charge in [0, 0.05) is 30.4 Å². The molecule has 1 aromatic rings. The molecule has 19 heavy (non-hydrogen) atoms. The summed E-state index contributed by atoms with van der Waals surface area (Å²) in [4.78, 5) is 2.28. The van der Waals surface area contributed by atoms with Crippen molar-refractivity contribution in [2.24, 2.45) is 0 Å². The van der Waals surface area contributed by atoms with Crippen LogP contribution in [0.1, 0.15) is 31.9 Å². The minimum Gasteiger partial charge on any atom is -0.376 e. The smallest absolute Gasteiger partial charge is 0.0750 e. The predicted molar refractivity (Wildman–Crippen MR) is 81.1 cm³/mol. The summed E-state index contributed by atoms with van der Waals surface area (Å²) in [5.74, 6) is 0. The zero-order valence-electron chi connectivity index (χ0n) is 12.1. The van der Waals surface area contributed by atoms with Crippen LogP contribution < -0.4 is 10.2 Å². The monoisotopic (exact) mass is 282 g/mol. The van der Waals surface area contributed by atoms with Crippen molar-refractivity contribution in [1.29, 1.82) is 0 Å². The number of nitrogens with zero attached hydrogens (tertiary/aromatic N) is 1. The van der Waals surface area contributed by atoms with Crippen LogP contribution in [0.3, 0.4) is 0 Å². The Balaban J connectivity index is 2.19. The standard InChI is InChI=1S/C15H23ClN2O/c1-10(17-3)13-6-5-12(9-14(13)16)18(4)15-7-8-19-11(15)2/h5-6,9-11,15,17H,7-8H2,1-4H3. The Morgan fingerprint density at radius 2 is 2.21 bits per heavy atom. The van der Waals surface area contributed by atoms with E-state index in [4.69, 9.17) is 16.3 Å². The molecule has 0 aromatic heterocycles. The lowest BCUT2D eigenvalue weighted by Crippen LogP contribution is -2.36. The van der Waals surface area contributed by atoms with Crippen LogP contribution in [0, 0.1) is 0 Å². The van der Waals surface area contributed by atoms with E-state index in [9.17, 15) is 0 Å². The van der Waals surface area contributed by atoms with E-state index < -0.39 is 0 Å². The largest absolute Gasteiger partial charge is 0.376 e. The minimum absolute atomic E-state index is 0.264. The molecule has 1 aromatic carbocycles. The molecule has 0 bridgehead atoms. The molecule has 1 aliphatic rings. The predicted octanol–water partition coefficient (Wildman–Crippen LogP) is 3.23.